The van der Waals surface area contributed by atoms with Crippen molar-refractivity contribution in [2.24, 2.45) is 10.8 Å². The molecule has 0 aliphatic carbocycles. The zero-order valence-electron chi connectivity index (χ0n) is 5.87. The van der Waals surface area contributed by atoms with Gasteiger partial charge in [-0.05, 0) is 0 Å². The molecule has 0 rings (SSSR count). The van der Waals surface area contributed by atoms with Crippen LogP contribution in [0.4, 0.5) is 13.2 Å². The monoisotopic (exact) mass is 167 g/mol. The Labute approximate surface area is 61.8 Å². The average molecular weight is 167 g/mol. The van der Waals surface area contributed by atoms with E-state index in [1.165, 1.54) is 7.05 Å². The van der Waals surface area contributed by atoms with Gasteiger partial charge in [-0.2, -0.15) is 18.3 Å². The number of nitrogens with two attached hydrogens (primary N) is 1. The Morgan fingerprint density at radius 1 is 1.55 bits per heavy atom. The number of hydrogen-bond donors (Lipinski definition) is 2. The van der Waals surface area contributed by atoms with E-state index in [1.54, 1.807) is 0 Å². The number of nitrogens with zero attached hydrogens (tertiary/aromatic N) is 1. The zero-order valence-corrected chi connectivity index (χ0v) is 5.87. The SMILES string of the molecule is C=C(N)/C(=N\NC)C(F)(F)F. The van der Waals surface area contributed by atoms with Gasteiger partial charge in [0, 0.05) is 7.05 Å². The molecule has 0 heterocycles. The first kappa shape index (κ1) is 9.80. The Morgan fingerprint density at radius 3 is 2.09 bits per heavy atom. The summed E-state index contributed by atoms with van der Waals surface area (Å²) in [5.41, 5.74) is 5.01. The molecule has 0 fully saturated rings. The standard InChI is InChI=1S/C5H8F3N3/c1-3(9)4(11-10-2)5(6,7)8/h10H,1,9H2,2H3/b11-4+. The topological polar surface area (TPSA) is 50.4 Å². The highest BCUT2D eigenvalue weighted by Gasteiger charge is 2.36. The maximum absolute atomic E-state index is 11.8. The Hall–Kier alpha value is -1.20. The first-order valence-electron chi connectivity index (χ1n) is 2.66. The molecule has 6 heteroatoms. The van der Waals surface area contributed by atoms with E-state index >= 15 is 0 Å². The average Bonchev–Trinajstić information content (AvgIpc) is 1.79. The summed E-state index contributed by atoms with van der Waals surface area (Å²) in [6.45, 7) is 2.93. The lowest BCUT2D eigenvalue weighted by atomic mass is 10.3. The van der Waals surface area contributed by atoms with Gasteiger partial charge in [-0.15, -0.1) is 0 Å². The van der Waals surface area contributed by atoms with Gasteiger partial charge in [-0.1, -0.05) is 6.58 Å². The van der Waals surface area contributed by atoms with E-state index in [1.807, 2.05) is 5.43 Å². The van der Waals surface area contributed by atoms with Crippen LogP contribution in [0.3, 0.4) is 0 Å². The molecule has 0 saturated heterocycles. The molecule has 3 nitrogen and oxygen atoms in total. The van der Waals surface area contributed by atoms with E-state index in [2.05, 4.69) is 11.7 Å². The summed E-state index contributed by atoms with van der Waals surface area (Å²) in [7, 11) is 1.24. The first-order valence-corrected chi connectivity index (χ1v) is 2.66. The van der Waals surface area contributed by atoms with Crippen molar-refractivity contribution in [3.8, 4) is 0 Å². The van der Waals surface area contributed by atoms with Crippen molar-refractivity contribution in [2.45, 2.75) is 6.18 Å². The highest BCUT2D eigenvalue weighted by Crippen LogP contribution is 2.19. The molecule has 3 N–H and O–H groups in total. The van der Waals surface area contributed by atoms with Crippen LogP contribution in [0.2, 0.25) is 0 Å². The molecule has 0 aromatic rings. The number of alkyl halides is 3. The molecule has 0 saturated carbocycles. The van der Waals surface area contributed by atoms with Crippen LogP contribution in [0, 0.1) is 0 Å². The van der Waals surface area contributed by atoms with Crippen molar-refractivity contribution in [3.63, 3.8) is 0 Å². The number of rotatable bonds is 2. The summed E-state index contributed by atoms with van der Waals surface area (Å²) in [6, 6.07) is 0. The summed E-state index contributed by atoms with van der Waals surface area (Å²) >= 11 is 0. The highest BCUT2D eigenvalue weighted by molar-refractivity contribution is 6.02. The summed E-state index contributed by atoms with van der Waals surface area (Å²) in [5, 5.41) is 2.91. The maximum atomic E-state index is 11.8. The van der Waals surface area contributed by atoms with E-state index in [4.69, 9.17) is 5.73 Å². The number of hydrazone groups is 1. The fourth-order valence-corrected chi connectivity index (χ4v) is 0.429. The Balaban J connectivity index is 4.63. The van der Waals surface area contributed by atoms with Crippen molar-refractivity contribution >= 4 is 5.71 Å². The molecular formula is C5H8F3N3. The molecule has 0 aromatic carbocycles. The molecule has 0 aliphatic rings. The lowest BCUT2D eigenvalue weighted by Crippen LogP contribution is -2.29. The van der Waals surface area contributed by atoms with Crippen LogP contribution < -0.4 is 11.2 Å². The van der Waals surface area contributed by atoms with E-state index in [0.717, 1.165) is 0 Å². The molecular weight excluding hydrogens is 159 g/mol. The third-order valence-electron chi connectivity index (χ3n) is 0.796. The fraction of sp³-hybridized carbons (Fsp3) is 0.400. The molecule has 0 bridgehead atoms. The number of nitrogens with one attached hydrogen (secondary N) is 1. The van der Waals surface area contributed by atoms with Gasteiger partial charge in [0.15, 0.2) is 5.71 Å². The Morgan fingerprint density at radius 2 is 2.00 bits per heavy atom. The molecule has 64 valence electrons. The van der Waals surface area contributed by atoms with Gasteiger partial charge in [0.25, 0.3) is 0 Å². The van der Waals surface area contributed by atoms with E-state index in [0.29, 0.717) is 0 Å². The number of hydrogen-bond acceptors (Lipinski definition) is 3. The molecule has 0 unspecified atom stereocenters. The molecule has 0 atom stereocenters. The molecule has 11 heavy (non-hydrogen) atoms. The van der Waals surface area contributed by atoms with E-state index in [-0.39, 0.29) is 0 Å². The second-order valence-corrected chi connectivity index (χ2v) is 1.71. The van der Waals surface area contributed by atoms with Gasteiger partial charge >= 0.3 is 6.18 Å². The lowest BCUT2D eigenvalue weighted by molar-refractivity contribution is -0.0586. The van der Waals surface area contributed by atoms with Gasteiger partial charge in [0.1, 0.15) is 0 Å². The maximum Gasteiger partial charge on any atom is 0.437 e. The van der Waals surface area contributed by atoms with Crippen LogP contribution in [0.15, 0.2) is 17.4 Å². The second-order valence-electron chi connectivity index (χ2n) is 1.71. The minimum absolute atomic E-state index is 0.605. The van der Waals surface area contributed by atoms with Crippen LogP contribution in [0.1, 0.15) is 0 Å². The van der Waals surface area contributed by atoms with Gasteiger partial charge in [-0.25, -0.2) is 0 Å². The van der Waals surface area contributed by atoms with Crippen molar-refractivity contribution in [1.29, 1.82) is 0 Å². The molecule has 0 amide bonds. The predicted molar refractivity (Wildman–Crippen MR) is 35.9 cm³/mol. The predicted octanol–water partition coefficient (Wildman–Crippen LogP) is 0.596. The van der Waals surface area contributed by atoms with Crippen LogP contribution in [0.5, 0.6) is 0 Å². The van der Waals surface area contributed by atoms with Crippen LogP contribution >= 0.6 is 0 Å². The largest absolute Gasteiger partial charge is 0.437 e. The molecule has 0 spiro atoms. The normalized spacial score (nSPS) is 12.9. The molecule has 0 radical (unpaired) electrons. The molecule has 0 aliphatic heterocycles. The van der Waals surface area contributed by atoms with Crippen molar-refractivity contribution in [3.05, 3.63) is 12.3 Å². The minimum atomic E-state index is -4.55. The minimum Gasteiger partial charge on any atom is -0.397 e. The third kappa shape index (κ3) is 2.92. The summed E-state index contributed by atoms with van der Waals surface area (Å²) in [5.74, 6) is 0. The Kier molecular flexibility index (Phi) is 2.91. The van der Waals surface area contributed by atoms with E-state index in [9.17, 15) is 13.2 Å². The lowest BCUT2D eigenvalue weighted by Gasteiger charge is -2.08. The summed E-state index contributed by atoms with van der Waals surface area (Å²) < 4.78 is 35.5. The van der Waals surface area contributed by atoms with Crippen molar-refractivity contribution in [2.75, 3.05) is 7.05 Å². The van der Waals surface area contributed by atoms with Crippen LogP contribution in [-0.4, -0.2) is 18.9 Å². The van der Waals surface area contributed by atoms with Crippen LogP contribution in [-0.2, 0) is 0 Å². The van der Waals surface area contributed by atoms with Gasteiger partial charge in [-0.3, -0.25) is 0 Å². The van der Waals surface area contributed by atoms with Gasteiger partial charge < -0.3 is 11.2 Å². The fourth-order valence-electron chi connectivity index (χ4n) is 0.429. The quantitative estimate of drug-likeness (QED) is 0.467. The smallest absolute Gasteiger partial charge is 0.397 e. The van der Waals surface area contributed by atoms with Crippen molar-refractivity contribution < 1.29 is 13.2 Å². The Bertz CT molecular complexity index is 182. The third-order valence-corrected chi connectivity index (χ3v) is 0.796. The zero-order chi connectivity index (χ0) is 9.07. The highest BCUT2D eigenvalue weighted by atomic mass is 19.4. The molecule has 0 aromatic heterocycles. The first-order chi connectivity index (χ1) is 4.89. The van der Waals surface area contributed by atoms with E-state index < -0.39 is 17.6 Å². The number of allylic oxidation sites excluding steroid dienone is 1. The summed E-state index contributed by atoms with van der Waals surface area (Å²) in [6.07, 6.45) is -4.55. The summed E-state index contributed by atoms with van der Waals surface area (Å²) in [4.78, 5) is 0. The van der Waals surface area contributed by atoms with Gasteiger partial charge in [0.05, 0.1) is 5.70 Å². The van der Waals surface area contributed by atoms with Crippen LogP contribution in [0.25, 0.3) is 0 Å². The number of halogens is 3. The second kappa shape index (κ2) is 3.27. The van der Waals surface area contributed by atoms with Gasteiger partial charge in [0.2, 0.25) is 0 Å². The van der Waals surface area contributed by atoms with Crippen molar-refractivity contribution in [1.82, 2.24) is 5.43 Å².